The topological polar surface area (TPSA) is 37.3 Å². The van der Waals surface area contributed by atoms with Crippen molar-refractivity contribution in [3.05, 3.63) is 12.2 Å². The fourth-order valence-electron chi connectivity index (χ4n) is 3.80. The molecule has 2 heteroatoms. The number of carbonyl (C=O) groups excluding carboxylic acids is 1. The summed E-state index contributed by atoms with van der Waals surface area (Å²) in [6, 6.07) is 0. The number of rotatable bonds is 14. The van der Waals surface area contributed by atoms with Crippen molar-refractivity contribution in [2.24, 2.45) is 11.8 Å². The van der Waals surface area contributed by atoms with Crippen LogP contribution in [0.1, 0.15) is 96.8 Å². The number of unbranched alkanes of at least 4 members (excludes halogenated alkanes) is 7. The zero-order valence-electron chi connectivity index (χ0n) is 15.3. The maximum atomic E-state index is 11.0. The Hall–Kier alpha value is -0.630. The molecule has 134 valence electrons. The molecule has 1 aliphatic carbocycles. The predicted molar refractivity (Wildman–Crippen MR) is 98.5 cm³/mol. The molecular formula is C21H38O2. The van der Waals surface area contributed by atoms with Crippen molar-refractivity contribution in [3.8, 4) is 0 Å². The summed E-state index contributed by atoms with van der Waals surface area (Å²) in [5, 5.41) is 8.69. The highest BCUT2D eigenvalue weighted by molar-refractivity contribution is 5.79. The van der Waals surface area contributed by atoms with Gasteiger partial charge in [0.15, 0.2) is 5.78 Å². The molecule has 0 spiro atoms. The fourth-order valence-corrected chi connectivity index (χ4v) is 3.80. The van der Waals surface area contributed by atoms with E-state index in [0.29, 0.717) is 6.42 Å². The molecule has 0 aliphatic heterocycles. The van der Waals surface area contributed by atoms with E-state index in [1.807, 2.05) is 0 Å². The lowest BCUT2D eigenvalue weighted by atomic mass is 9.90. The number of ketones is 1. The van der Waals surface area contributed by atoms with Crippen molar-refractivity contribution in [1.82, 2.24) is 0 Å². The minimum absolute atomic E-state index is 0.00932. The van der Waals surface area contributed by atoms with Crippen molar-refractivity contribution in [2.75, 3.05) is 6.61 Å². The van der Waals surface area contributed by atoms with E-state index in [1.165, 1.54) is 70.6 Å². The summed E-state index contributed by atoms with van der Waals surface area (Å²) in [5.41, 5.74) is 0. The second-order valence-corrected chi connectivity index (χ2v) is 7.28. The number of allylic oxidation sites excluding steroid dienone is 2. The molecule has 0 radical (unpaired) electrons. The van der Waals surface area contributed by atoms with E-state index in [-0.39, 0.29) is 12.4 Å². The van der Waals surface area contributed by atoms with Gasteiger partial charge in [-0.15, -0.1) is 0 Å². The normalized spacial score (nSPS) is 21.3. The zero-order chi connectivity index (χ0) is 16.8. The molecule has 0 aromatic carbocycles. The number of hydrogen-bond acceptors (Lipinski definition) is 2. The molecule has 0 heterocycles. The summed E-state index contributed by atoms with van der Waals surface area (Å²) in [7, 11) is 0. The number of hydrogen-bond donors (Lipinski definition) is 1. The van der Waals surface area contributed by atoms with Gasteiger partial charge in [-0.2, -0.15) is 0 Å². The SMILES string of the molecule is CCCCCCC=C[C@H]1CCC[C@@H]1CCCCCCC(=O)CO. The van der Waals surface area contributed by atoms with E-state index in [4.69, 9.17) is 5.11 Å². The molecule has 1 saturated carbocycles. The molecule has 1 fully saturated rings. The highest BCUT2D eigenvalue weighted by Crippen LogP contribution is 2.36. The second-order valence-electron chi connectivity index (χ2n) is 7.28. The number of aliphatic hydroxyl groups excluding tert-OH is 1. The van der Waals surface area contributed by atoms with Crippen LogP contribution in [0.2, 0.25) is 0 Å². The van der Waals surface area contributed by atoms with Crippen LogP contribution in [-0.2, 0) is 4.79 Å². The van der Waals surface area contributed by atoms with Crippen LogP contribution in [0.15, 0.2) is 12.2 Å². The molecule has 1 aliphatic rings. The van der Waals surface area contributed by atoms with Gasteiger partial charge in [0.1, 0.15) is 6.61 Å². The van der Waals surface area contributed by atoms with Crippen LogP contribution in [0.3, 0.4) is 0 Å². The molecule has 0 saturated heterocycles. The van der Waals surface area contributed by atoms with Gasteiger partial charge in [0.05, 0.1) is 0 Å². The quantitative estimate of drug-likeness (QED) is 0.322. The van der Waals surface area contributed by atoms with Crippen LogP contribution in [0.25, 0.3) is 0 Å². The van der Waals surface area contributed by atoms with E-state index in [1.54, 1.807) is 0 Å². The van der Waals surface area contributed by atoms with Crippen molar-refractivity contribution in [2.45, 2.75) is 96.8 Å². The third kappa shape index (κ3) is 9.96. The van der Waals surface area contributed by atoms with E-state index < -0.39 is 0 Å². The number of Topliss-reactive ketones (excluding diaryl/α,β-unsaturated/α-hetero) is 1. The van der Waals surface area contributed by atoms with Crippen molar-refractivity contribution in [1.29, 1.82) is 0 Å². The van der Waals surface area contributed by atoms with Gasteiger partial charge in [-0.1, -0.05) is 64.0 Å². The summed E-state index contributed by atoms with van der Waals surface area (Å²) >= 11 is 0. The van der Waals surface area contributed by atoms with Gasteiger partial charge in [-0.3, -0.25) is 4.79 Å². The Bertz CT molecular complexity index is 322. The number of carbonyl (C=O) groups is 1. The van der Waals surface area contributed by atoms with Gasteiger partial charge in [0.2, 0.25) is 0 Å². The van der Waals surface area contributed by atoms with Crippen LogP contribution in [0.5, 0.6) is 0 Å². The van der Waals surface area contributed by atoms with Gasteiger partial charge < -0.3 is 5.11 Å². The Labute approximate surface area is 143 Å². The minimum Gasteiger partial charge on any atom is -0.389 e. The van der Waals surface area contributed by atoms with Gasteiger partial charge in [0, 0.05) is 6.42 Å². The Balaban J connectivity index is 2.06. The Morgan fingerprint density at radius 1 is 1.04 bits per heavy atom. The van der Waals surface area contributed by atoms with Gasteiger partial charge in [-0.05, 0) is 50.4 Å². The predicted octanol–water partition coefficient (Wildman–Crippen LogP) is 5.83. The average Bonchev–Trinajstić information content (AvgIpc) is 3.01. The first-order valence-corrected chi connectivity index (χ1v) is 10.1. The lowest BCUT2D eigenvalue weighted by Gasteiger charge is -2.16. The molecule has 23 heavy (non-hydrogen) atoms. The van der Waals surface area contributed by atoms with Gasteiger partial charge in [-0.25, -0.2) is 0 Å². The Morgan fingerprint density at radius 3 is 2.61 bits per heavy atom. The van der Waals surface area contributed by atoms with E-state index in [9.17, 15) is 4.79 Å². The molecule has 0 aromatic heterocycles. The lowest BCUT2D eigenvalue weighted by molar-refractivity contribution is -0.121. The molecule has 0 bridgehead atoms. The van der Waals surface area contributed by atoms with Crippen LogP contribution in [0, 0.1) is 11.8 Å². The molecule has 0 amide bonds. The molecular weight excluding hydrogens is 284 g/mol. The number of aliphatic hydroxyl groups is 1. The van der Waals surface area contributed by atoms with Crippen LogP contribution < -0.4 is 0 Å². The highest BCUT2D eigenvalue weighted by atomic mass is 16.3. The standard InChI is InChI=1S/C21H38O2/c1-2-3-4-5-6-9-13-19-15-12-16-20(19)14-10-7-8-11-17-21(23)18-22/h9,13,19-20,22H,2-8,10-12,14-18H2,1H3/t19-,20-/m0/s1. The first kappa shape index (κ1) is 20.4. The first-order chi connectivity index (χ1) is 11.3. The molecule has 0 aromatic rings. The van der Waals surface area contributed by atoms with Crippen LogP contribution >= 0.6 is 0 Å². The lowest BCUT2D eigenvalue weighted by Crippen LogP contribution is -2.05. The van der Waals surface area contributed by atoms with E-state index in [2.05, 4.69) is 19.1 Å². The third-order valence-corrected chi connectivity index (χ3v) is 5.28. The summed E-state index contributed by atoms with van der Waals surface area (Å²) in [6.45, 7) is 1.98. The third-order valence-electron chi connectivity index (χ3n) is 5.28. The largest absolute Gasteiger partial charge is 0.389 e. The second kappa shape index (κ2) is 13.8. The maximum Gasteiger partial charge on any atom is 0.158 e. The zero-order valence-corrected chi connectivity index (χ0v) is 15.3. The molecule has 2 atom stereocenters. The van der Waals surface area contributed by atoms with Crippen molar-refractivity contribution >= 4 is 5.78 Å². The monoisotopic (exact) mass is 322 g/mol. The minimum atomic E-state index is -0.283. The van der Waals surface area contributed by atoms with Crippen molar-refractivity contribution in [3.63, 3.8) is 0 Å². The van der Waals surface area contributed by atoms with E-state index in [0.717, 1.165) is 24.7 Å². The molecule has 1 N–H and O–H groups in total. The molecule has 2 nitrogen and oxygen atoms in total. The maximum absolute atomic E-state index is 11.0. The van der Waals surface area contributed by atoms with Crippen molar-refractivity contribution < 1.29 is 9.90 Å². The summed E-state index contributed by atoms with van der Waals surface area (Å²) in [6.07, 6.45) is 22.4. The summed E-state index contributed by atoms with van der Waals surface area (Å²) < 4.78 is 0. The fraction of sp³-hybridized carbons (Fsp3) is 0.857. The molecule has 0 unspecified atom stereocenters. The van der Waals surface area contributed by atoms with Crippen LogP contribution in [0.4, 0.5) is 0 Å². The van der Waals surface area contributed by atoms with Gasteiger partial charge in [0.25, 0.3) is 0 Å². The average molecular weight is 323 g/mol. The van der Waals surface area contributed by atoms with Gasteiger partial charge >= 0.3 is 0 Å². The summed E-state index contributed by atoms with van der Waals surface area (Å²) in [5.74, 6) is 1.73. The first-order valence-electron chi connectivity index (χ1n) is 10.1. The molecule has 1 rings (SSSR count). The van der Waals surface area contributed by atoms with Crippen LogP contribution in [-0.4, -0.2) is 17.5 Å². The Morgan fingerprint density at radius 2 is 1.83 bits per heavy atom. The Kier molecular flexibility index (Phi) is 12.2. The highest BCUT2D eigenvalue weighted by Gasteiger charge is 2.24. The summed E-state index contributed by atoms with van der Waals surface area (Å²) in [4.78, 5) is 11.0. The smallest absolute Gasteiger partial charge is 0.158 e. The van der Waals surface area contributed by atoms with E-state index >= 15 is 0 Å².